The second-order valence-electron chi connectivity index (χ2n) is 6.01. The molecule has 116 valence electrons. The van der Waals surface area contributed by atoms with E-state index in [1.54, 1.807) is 12.1 Å². The van der Waals surface area contributed by atoms with Crippen molar-refractivity contribution in [3.63, 3.8) is 0 Å². The Morgan fingerprint density at radius 2 is 2.14 bits per heavy atom. The second kappa shape index (κ2) is 5.95. The summed E-state index contributed by atoms with van der Waals surface area (Å²) in [6.45, 7) is 2.03. The van der Waals surface area contributed by atoms with E-state index < -0.39 is 0 Å². The fourth-order valence-electron chi connectivity index (χ4n) is 3.16. The van der Waals surface area contributed by atoms with Crippen molar-refractivity contribution in [1.82, 2.24) is 9.88 Å². The van der Waals surface area contributed by atoms with Gasteiger partial charge in [-0.2, -0.15) is 0 Å². The lowest BCUT2D eigenvalue weighted by atomic mass is 9.95. The first-order chi connectivity index (χ1) is 10.6. The lowest BCUT2D eigenvalue weighted by molar-refractivity contribution is 0.0937. The van der Waals surface area contributed by atoms with Crippen LogP contribution in [-0.2, 0) is 7.05 Å². The van der Waals surface area contributed by atoms with E-state index in [4.69, 9.17) is 0 Å². The summed E-state index contributed by atoms with van der Waals surface area (Å²) < 4.78 is 15.1. The Hall–Kier alpha value is -2.10. The Bertz CT molecular complexity index is 745. The molecule has 1 amide bonds. The maximum atomic E-state index is 13.3. The minimum atomic E-state index is -0.286. The summed E-state index contributed by atoms with van der Waals surface area (Å²) in [5, 5.41) is 3.81. The number of hydrogen-bond acceptors (Lipinski definition) is 1. The predicted octanol–water partition coefficient (Wildman–Crippen LogP) is 3.94. The Morgan fingerprint density at radius 3 is 2.86 bits per heavy atom. The lowest BCUT2D eigenvalue weighted by Crippen LogP contribution is -2.35. The number of carbonyl (C=O) groups excluding carboxylic acids is 1. The molecule has 22 heavy (non-hydrogen) atoms. The normalized spacial score (nSPS) is 16.4. The number of amides is 1. The number of rotatable bonds is 3. The van der Waals surface area contributed by atoms with E-state index in [0.717, 1.165) is 23.7 Å². The molecule has 0 fully saturated rings. The van der Waals surface area contributed by atoms with Crippen molar-refractivity contribution >= 4 is 16.8 Å². The molecule has 1 aliphatic carbocycles. The van der Waals surface area contributed by atoms with Gasteiger partial charge < -0.3 is 9.88 Å². The number of hydrogen-bond donors (Lipinski definition) is 1. The quantitative estimate of drug-likeness (QED) is 0.856. The van der Waals surface area contributed by atoms with Crippen LogP contribution in [0.15, 0.2) is 35.9 Å². The van der Waals surface area contributed by atoms with Gasteiger partial charge in [-0.1, -0.05) is 11.6 Å². The van der Waals surface area contributed by atoms with Crippen LogP contribution >= 0.6 is 0 Å². The third kappa shape index (κ3) is 2.78. The van der Waals surface area contributed by atoms with E-state index >= 15 is 0 Å². The summed E-state index contributed by atoms with van der Waals surface area (Å²) in [6.07, 6.45) is 6.83. The van der Waals surface area contributed by atoms with Crippen molar-refractivity contribution in [1.29, 1.82) is 0 Å². The van der Waals surface area contributed by atoms with Crippen molar-refractivity contribution in [2.24, 2.45) is 7.05 Å². The van der Waals surface area contributed by atoms with Gasteiger partial charge in [0, 0.05) is 24.0 Å². The number of aryl methyl sites for hydroxylation is 1. The Morgan fingerprint density at radius 1 is 1.32 bits per heavy atom. The minimum Gasteiger partial charge on any atom is -0.345 e. The number of benzene rings is 1. The monoisotopic (exact) mass is 300 g/mol. The average molecular weight is 300 g/mol. The molecule has 0 aliphatic heterocycles. The standard InChI is InChI=1S/C18H21FN2O/c1-12(13-6-4-3-5-7-13)20-18(22)17-11-14-10-15(19)8-9-16(14)21(17)2/h6,8-12H,3-5,7H2,1-2H3,(H,20,22). The van der Waals surface area contributed by atoms with E-state index in [0.29, 0.717) is 5.69 Å². The molecule has 1 N–H and O–H groups in total. The molecule has 1 heterocycles. The van der Waals surface area contributed by atoms with E-state index in [9.17, 15) is 9.18 Å². The lowest BCUT2D eigenvalue weighted by Gasteiger charge is -2.21. The zero-order valence-corrected chi connectivity index (χ0v) is 13.0. The van der Waals surface area contributed by atoms with Crippen LogP contribution in [0, 0.1) is 5.82 Å². The summed E-state index contributed by atoms with van der Waals surface area (Å²) in [6, 6.07) is 6.37. The first-order valence-electron chi connectivity index (χ1n) is 7.81. The molecular formula is C18H21FN2O. The molecular weight excluding hydrogens is 279 g/mol. The molecule has 1 unspecified atom stereocenters. The van der Waals surface area contributed by atoms with Gasteiger partial charge >= 0.3 is 0 Å². The van der Waals surface area contributed by atoms with Crippen LogP contribution in [0.1, 0.15) is 43.1 Å². The van der Waals surface area contributed by atoms with Crippen molar-refractivity contribution in [2.45, 2.75) is 38.6 Å². The third-order valence-corrected chi connectivity index (χ3v) is 4.47. The van der Waals surface area contributed by atoms with Gasteiger partial charge in [0.25, 0.3) is 5.91 Å². The van der Waals surface area contributed by atoms with Crippen molar-refractivity contribution < 1.29 is 9.18 Å². The summed E-state index contributed by atoms with van der Waals surface area (Å²) in [4.78, 5) is 12.5. The highest BCUT2D eigenvalue weighted by molar-refractivity contribution is 5.99. The number of nitrogens with one attached hydrogen (secondary N) is 1. The summed E-state index contributed by atoms with van der Waals surface area (Å²) in [5.41, 5.74) is 2.73. The predicted molar refractivity (Wildman–Crippen MR) is 86.4 cm³/mol. The third-order valence-electron chi connectivity index (χ3n) is 4.47. The van der Waals surface area contributed by atoms with Crippen molar-refractivity contribution in [3.05, 3.63) is 47.4 Å². The Labute approximate surface area is 129 Å². The minimum absolute atomic E-state index is 0.0440. The highest BCUT2D eigenvalue weighted by Gasteiger charge is 2.18. The number of halogens is 1. The molecule has 1 aromatic carbocycles. The van der Waals surface area contributed by atoms with Gasteiger partial charge in [-0.05, 0) is 56.9 Å². The van der Waals surface area contributed by atoms with Gasteiger partial charge in [0.05, 0.1) is 0 Å². The first-order valence-corrected chi connectivity index (χ1v) is 7.81. The van der Waals surface area contributed by atoms with Crippen LogP contribution < -0.4 is 5.32 Å². The number of carbonyl (C=O) groups is 1. The van der Waals surface area contributed by atoms with Gasteiger partial charge in [-0.25, -0.2) is 4.39 Å². The first kappa shape index (κ1) is 14.8. The van der Waals surface area contributed by atoms with Crippen molar-refractivity contribution in [3.8, 4) is 0 Å². The van der Waals surface area contributed by atoms with Gasteiger partial charge in [-0.3, -0.25) is 4.79 Å². The summed E-state index contributed by atoms with van der Waals surface area (Å²) >= 11 is 0. The largest absolute Gasteiger partial charge is 0.345 e. The molecule has 1 aliphatic rings. The van der Waals surface area contributed by atoms with Crippen LogP contribution in [-0.4, -0.2) is 16.5 Å². The molecule has 0 bridgehead atoms. The molecule has 0 saturated carbocycles. The van der Waals surface area contributed by atoms with Crippen LogP contribution in [0.2, 0.25) is 0 Å². The van der Waals surface area contributed by atoms with E-state index in [1.807, 2.05) is 18.5 Å². The maximum absolute atomic E-state index is 13.3. The van der Waals surface area contributed by atoms with Crippen LogP contribution in [0.5, 0.6) is 0 Å². The molecule has 3 nitrogen and oxygen atoms in total. The molecule has 0 radical (unpaired) electrons. The zero-order chi connectivity index (χ0) is 15.7. The summed E-state index contributed by atoms with van der Waals surface area (Å²) in [7, 11) is 1.83. The number of nitrogens with zero attached hydrogens (tertiary/aromatic N) is 1. The fraction of sp³-hybridized carbons (Fsp3) is 0.389. The fourth-order valence-corrected chi connectivity index (χ4v) is 3.16. The van der Waals surface area contributed by atoms with Crippen LogP contribution in [0.4, 0.5) is 4.39 Å². The van der Waals surface area contributed by atoms with Gasteiger partial charge in [0.1, 0.15) is 11.5 Å². The smallest absolute Gasteiger partial charge is 0.268 e. The highest BCUT2D eigenvalue weighted by atomic mass is 19.1. The molecule has 0 saturated heterocycles. The van der Waals surface area contributed by atoms with Gasteiger partial charge in [0.2, 0.25) is 0 Å². The van der Waals surface area contributed by atoms with Crippen molar-refractivity contribution in [2.75, 3.05) is 0 Å². The topological polar surface area (TPSA) is 34.0 Å². The van der Waals surface area contributed by atoms with E-state index in [2.05, 4.69) is 11.4 Å². The Kier molecular flexibility index (Phi) is 4.01. The van der Waals surface area contributed by atoms with Crippen LogP contribution in [0.25, 0.3) is 10.9 Å². The SMILES string of the molecule is CC(NC(=O)c1cc2cc(F)ccc2n1C)C1=CCCCC1. The highest BCUT2D eigenvalue weighted by Crippen LogP contribution is 2.22. The molecule has 1 atom stereocenters. The molecule has 2 aromatic rings. The second-order valence-corrected chi connectivity index (χ2v) is 6.01. The molecule has 3 rings (SSSR count). The molecule has 4 heteroatoms. The zero-order valence-electron chi connectivity index (χ0n) is 13.0. The van der Waals surface area contributed by atoms with Gasteiger partial charge in [-0.15, -0.1) is 0 Å². The van der Waals surface area contributed by atoms with E-state index in [-0.39, 0.29) is 17.8 Å². The Balaban J connectivity index is 1.83. The van der Waals surface area contributed by atoms with Gasteiger partial charge in [0.15, 0.2) is 0 Å². The molecule has 0 spiro atoms. The average Bonchev–Trinajstić information content (AvgIpc) is 2.84. The van der Waals surface area contributed by atoms with Crippen LogP contribution in [0.3, 0.4) is 0 Å². The number of fused-ring (bicyclic) bond motifs is 1. The van der Waals surface area contributed by atoms with E-state index in [1.165, 1.54) is 30.5 Å². The summed E-state index contributed by atoms with van der Waals surface area (Å²) in [5.74, 6) is -0.399. The number of allylic oxidation sites excluding steroid dienone is 1. The maximum Gasteiger partial charge on any atom is 0.268 e. The number of aromatic nitrogens is 1. The molecule has 1 aromatic heterocycles.